The van der Waals surface area contributed by atoms with E-state index in [0.29, 0.717) is 6.04 Å². The standard InChI is InChI=1S/C9H10BrClN2/c10-6-4-7(11)9(13-5-6)8-2-1-3-12-8/h4-5,8,12H,1-3H2. The Morgan fingerprint density at radius 1 is 1.62 bits per heavy atom. The van der Waals surface area contributed by atoms with Crippen LogP contribution in [0.15, 0.2) is 16.7 Å². The third-order valence-corrected chi connectivity index (χ3v) is 2.96. The molecule has 70 valence electrons. The Labute approximate surface area is 90.8 Å². The van der Waals surface area contributed by atoms with Crippen LogP contribution in [0.1, 0.15) is 24.6 Å². The Hall–Kier alpha value is -0.120. The summed E-state index contributed by atoms with van der Waals surface area (Å²) in [5.74, 6) is 0. The lowest BCUT2D eigenvalue weighted by atomic mass is 10.1. The molecule has 13 heavy (non-hydrogen) atoms. The van der Waals surface area contributed by atoms with Gasteiger partial charge in [0.25, 0.3) is 0 Å². The van der Waals surface area contributed by atoms with Gasteiger partial charge in [0.15, 0.2) is 0 Å². The van der Waals surface area contributed by atoms with Gasteiger partial charge in [-0.15, -0.1) is 0 Å². The number of hydrogen-bond acceptors (Lipinski definition) is 2. The molecule has 0 amide bonds. The second-order valence-electron chi connectivity index (χ2n) is 3.17. The van der Waals surface area contributed by atoms with E-state index in [4.69, 9.17) is 11.6 Å². The van der Waals surface area contributed by atoms with Crippen LogP contribution >= 0.6 is 27.5 Å². The topological polar surface area (TPSA) is 24.9 Å². The molecule has 1 aromatic heterocycles. The van der Waals surface area contributed by atoms with Gasteiger partial charge in [-0.3, -0.25) is 4.98 Å². The Kier molecular flexibility index (Phi) is 2.86. The van der Waals surface area contributed by atoms with E-state index in [1.54, 1.807) is 6.20 Å². The number of hydrogen-bond donors (Lipinski definition) is 1. The van der Waals surface area contributed by atoms with Crippen LogP contribution in [0.5, 0.6) is 0 Å². The van der Waals surface area contributed by atoms with Crippen molar-refractivity contribution in [1.82, 2.24) is 10.3 Å². The molecular weight excluding hydrogens is 251 g/mol. The average Bonchev–Trinajstić information content (AvgIpc) is 2.56. The van der Waals surface area contributed by atoms with Gasteiger partial charge in [-0.2, -0.15) is 0 Å². The highest BCUT2D eigenvalue weighted by Crippen LogP contribution is 2.28. The first-order valence-corrected chi connectivity index (χ1v) is 5.49. The van der Waals surface area contributed by atoms with Crippen molar-refractivity contribution >= 4 is 27.5 Å². The van der Waals surface area contributed by atoms with Crippen LogP contribution in [0.4, 0.5) is 0 Å². The van der Waals surface area contributed by atoms with Crippen molar-refractivity contribution in [3.63, 3.8) is 0 Å². The first kappa shape index (κ1) is 9.44. The molecule has 0 aliphatic carbocycles. The fourth-order valence-corrected chi connectivity index (χ4v) is 2.36. The van der Waals surface area contributed by atoms with Crippen LogP contribution in [0.25, 0.3) is 0 Å². The van der Waals surface area contributed by atoms with E-state index < -0.39 is 0 Å². The molecular formula is C9H10BrClN2. The minimum absolute atomic E-state index is 0.348. The lowest BCUT2D eigenvalue weighted by Crippen LogP contribution is -2.14. The van der Waals surface area contributed by atoms with Gasteiger partial charge in [0.05, 0.1) is 16.8 Å². The van der Waals surface area contributed by atoms with Crippen LogP contribution < -0.4 is 5.32 Å². The first-order chi connectivity index (χ1) is 6.27. The van der Waals surface area contributed by atoms with Crippen molar-refractivity contribution in [2.24, 2.45) is 0 Å². The van der Waals surface area contributed by atoms with Gasteiger partial charge in [0.1, 0.15) is 0 Å². The molecule has 1 saturated heterocycles. The third-order valence-electron chi connectivity index (χ3n) is 2.23. The maximum atomic E-state index is 6.08. The van der Waals surface area contributed by atoms with Crippen molar-refractivity contribution in [2.75, 3.05) is 6.54 Å². The van der Waals surface area contributed by atoms with E-state index in [1.807, 2.05) is 6.07 Å². The highest BCUT2D eigenvalue weighted by Gasteiger charge is 2.19. The van der Waals surface area contributed by atoms with Crippen molar-refractivity contribution in [3.05, 3.63) is 27.5 Å². The van der Waals surface area contributed by atoms with Crippen LogP contribution in [0, 0.1) is 0 Å². The van der Waals surface area contributed by atoms with E-state index in [1.165, 1.54) is 6.42 Å². The summed E-state index contributed by atoms with van der Waals surface area (Å²) >= 11 is 9.41. The quantitative estimate of drug-likeness (QED) is 0.841. The lowest BCUT2D eigenvalue weighted by molar-refractivity contribution is 0.628. The average molecular weight is 262 g/mol. The number of pyridine rings is 1. The molecule has 1 aliphatic rings. The van der Waals surface area contributed by atoms with Crippen molar-refractivity contribution in [3.8, 4) is 0 Å². The largest absolute Gasteiger partial charge is 0.309 e. The van der Waals surface area contributed by atoms with E-state index >= 15 is 0 Å². The zero-order valence-electron chi connectivity index (χ0n) is 7.06. The predicted octanol–water partition coefficient (Wildman–Crippen LogP) is 2.92. The summed E-state index contributed by atoms with van der Waals surface area (Å²) in [6, 6.07) is 2.24. The van der Waals surface area contributed by atoms with Crippen molar-refractivity contribution in [1.29, 1.82) is 0 Å². The fraction of sp³-hybridized carbons (Fsp3) is 0.444. The van der Waals surface area contributed by atoms with E-state index in [9.17, 15) is 0 Å². The second kappa shape index (κ2) is 3.95. The van der Waals surface area contributed by atoms with Gasteiger partial charge in [0, 0.05) is 10.7 Å². The van der Waals surface area contributed by atoms with E-state index in [-0.39, 0.29) is 0 Å². The zero-order chi connectivity index (χ0) is 9.26. The van der Waals surface area contributed by atoms with E-state index in [2.05, 4.69) is 26.2 Å². The molecule has 0 aromatic carbocycles. The van der Waals surface area contributed by atoms with Crippen LogP contribution in [-0.2, 0) is 0 Å². The van der Waals surface area contributed by atoms with Gasteiger partial charge in [0.2, 0.25) is 0 Å². The molecule has 1 atom stereocenters. The summed E-state index contributed by atoms with van der Waals surface area (Å²) in [5, 5.41) is 4.12. The summed E-state index contributed by atoms with van der Waals surface area (Å²) in [6.45, 7) is 1.07. The van der Waals surface area contributed by atoms with Gasteiger partial charge in [-0.1, -0.05) is 11.6 Å². The fourth-order valence-electron chi connectivity index (χ4n) is 1.60. The molecule has 0 saturated carbocycles. The lowest BCUT2D eigenvalue weighted by Gasteiger charge is -2.10. The highest BCUT2D eigenvalue weighted by atomic mass is 79.9. The first-order valence-electron chi connectivity index (χ1n) is 4.31. The SMILES string of the molecule is Clc1cc(Br)cnc1C1CCCN1. The van der Waals surface area contributed by atoms with Gasteiger partial charge in [-0.05, 0) is 41.4 Å². The molecule has 2 heterocycles. The number of aromatic nitrogens is 1. The minimum Gasteiger partial charge on any atom is -0.309 e. The van der Waals surface area contributed by atoms with Gasteiger partial charge < -0.3 is 5.32 Å². The number of halogens is 2. The smallest absolute Gasteiger partial charge is 0.0759 e. The zero-order valence-corrected chi connectivity index (χ0v) is 9.40. The number of nitrogens with one attached hydrogen (secondary N) is 1. The Morgan fingerprint density at radius 3 is 3.08 bits per heavy atom. The minimum atomic E-state index is 0.348. The molecule has 1 aromatic rings. The van der Waals surface area contributed by atoms with Crippen molar-refractivity contribution in [2.45, 2.75) is 18.9 Å². The summed E-state index contributed by atoms with van der Waals surface area (Å²) in [5.41, 5.74) is 0.974. The molecule has 2 rings (SSSR count). The van der Waals surface area contributed by atoms with E-state index in [0.717, 1.165) is 28.2 Å². The van der Waals surface area contributed by atoms with Crippen LogP contribution in [0.2, 0.25) is 5.02 Å². The molecule has 0 radical (unpaired) electrons. The molecule has 4 heteroatoms. The molecule has 1 unspecified atom stereocenters. The Morgan fingerprint density at radius 2 is 2.46 bits per heavy atom. The summed E-state index contributed by atoms with van der Waals surface area (Å²) < 4.78 is 0.930. The van der Waals surface area contributed by atoms with Crippen LogP contribution in [-0.4, -0.2) is 11.5 Å². The predicted molar refractivity (Wildman–Crippen MR) is 56.9 cm³/mol. The third kappa shape index (κ3) is 2.03. The molecule has 1 aliphatic heterocycles. The summed E-state index contributed by atoms with van der Waals surface area (Å²) in [4.78, 5) is 4.32. The normalized spacial score (nSPS) is 22.2. The summed E-state index contributed by atoms with van der Waals surface area (Å²) in [6.07, 6.45) is 4.13. The number of nitrogens with zero attached hydrogens (tertiary/aromatic N) is 1. The number of rotatable bonds is 1. The summed E-state index contributed by atoms with van der Waals surface area (Å²) in [7, 11) is 0. The molecule has 1 fully saturated rings. The van der Waals surface area contributed by atoms with Gasteiger partial charge in [-0.25, -0.2) is 0 Å². The monoisotopic (exact) mass is 260 g/mol. The Bertz CT molecular complexity index is 310. The molecule has 1 N–H and O–H groups in total. The van der Waals surface area contributed by atoms with Crippen LogP contribution in [0.3, 0.4) is 0 Å². The maximum absolute atomic E-state index is 6.08. The highest BCUT2D eigenvalue weighted by molar-refractivity contribution is 9.10. The maximum Gasteiger partial charge on any atom is 0.0759 e. The second-order valence-corrected chi connectivity index (χ2v) is 4.49. The molecule has 2 nitrogen and oxygen atoms in total. The van der Waals surface area contributed by atoms with Gasteiger partial charge >= 0.3 is 0 Å². The Balaban J connectivity index is 2.29. The molecule has 0 spiro atoms. The van der Waals surface area contributed by atoms with Crippen molar-refractivity contribution < 1.29 is 0 Å². The molecule has 0 bridgehead atoms.